The highest BCUT2D eigenvalue weighted by Gasteiger charge is 2.08. The van der Waals surface area contributed by atoms with Crippen molar-refractivity contribution in [3.63, 3.8) is 0 Å². The third-order valence-electron chi connectivity index (χ3n) is 1.77. The Bertz CT molecular complexity index is 421. The number of nitrogen functional groups attached to an aromatic ring is 1. The molecular weight excluding hydrogens is 232 g/mol. The molecule has 5 nitrogen and oxygen atoms in total. The Kier molecular flexibility index (Phi) is 4.13. The van der Waals surface area contributed by atoms with E-state index in [1.807, 2.05) is 0 Å². The van der Waals surface area contributed by atoms with E-state index in [0.29, 0.717) is 10.7 Å². The Morgan fingerprint density at radius 3 is 2.75 bits per heavy atom. The number of carboxylic acids is 1. The largest absolute Gasteiger partial charge is 0.481 e. The maximum Gasteiger partial charge on any atom is 0.303 e. The van der Waals surface area contributed by atoms with E-state index >= 15 is 0 Å². The fraction of sp³-hybridized carbons (Fsp3) is 0.200. The second kappa shape index (κ2) is 5.37. The van der Waals surface area contributed by atoms with Crippen LogP contribution < -0.4 is 11.1 Å². The first-order valence-corrected chi connectivity index (χ1v) is 4.85. The summed E-state index contributed by atoms with van der Waals surface area (Å²) in [6.45, 7) is 0. The smallest absolute Gasteiger partial charge is 0.303 e. The number of hydrogen-bond acceptors (Lipinski definition) is 3. The Labute approximate surface area is 97.2 Å². The van der Waals surface area contributed by atoms with Crippen LogP contribution in [0.1, 0.15) is 12.8 Å². The third-order valence-corrected chi connectivity index (χ3v) is 1.99. The summed E-state index contributed by atoms with van der Waals surface area (Å²) in [7, 11) is 0. The normalized spacial score (nSPS) is 9.81. The molecule has 1 aromatic rings. The molecule has 0 atom stereocenters. The van der Waals surface area contributed by atoms with Crippen molar-refractivity contribution in [3.05, 3.63) is 23.2 Å². The van der Waals surface area contributed by atoms with Gasteiger partial charge in [0.05, 0.1) is 17.8 Å². The van der Waals surface area contributed by atoms with Gasteiger partial charge in [0.1, 0.15) is 0 Å². The molecule has 0 bridgehead atoms. The van der Waals surface area contributed by atoms with E-state index < -0.39 is 11.9 Å². The maximum absolute atomic E-state index is 11.3. The second-order valence-corrected chi connectivity index (χ2v) is 3.53. The van der Waals surface area contributed by atoms with E-state index in [4.69, 9.17) is 22.4 Å². The number of amides is 1. The molecule has 0 aliphatic rings. The zero-order valence-corrected chi connectivity index (χ0v) is 9.04. The summed E-state index contributed by atoms with van der Waals surface area (Å²) in [5.41, 5.74) is 6.17. The van der Waals surface area contributed by atoms with E-state index in [0.717, 1.165) is 0 Å². The summed E-state index contributed by atoms with van der Waals surface area (Å²) >= 11 is 5.65. The van der Waals surface area contributed by atoms with Crippen molar-refractivity contribution < 1.29 is 14.7 Å². The molecule has 0 fully saturated rings. The molecule has 4 N–H and O–H groups in total. The average molecular weight is 242 g/mol. The van der Waals surface area contributed by atoms with Crippen molar-refractivity contribution in [2.75, 3.05) is 11.1 Å². The molecule has 1 aromatic carbocycles. The van der Waals surface area contributed by atoms with Gasteiger partial charge in [0.25, 0.3) is 0 Å². The van der Waals surface area contributed by atoms with Crippen LogP contribution >= 0.6 is 11.6 Å². The number of nitrogens with one attached hydrogen (secondary N) is 1. The fourth-order valence-corrected chi connectivity index (χ4v) is 1.19. The first-order valence-electron chi connectivity index (χ1n) is 4.47. The molecule has 1 amide bonds. The maximum atomic E-state index is 11.3. The minimum absolute atomic E-state index is 0.106. The molecule has 0 spiro atoms. The van der Waals surface area contributed by atoms with Crippen LogP contribution in [0.15, 0.2) is 12.1 Å². The monoisotopic (exact) mass is 241 g/mol. The lowest BCUT2D eigenvalue weighted by Crippen LogP contribution is -2.14. The van der Waals surface area contributed by atoms with Gasteiger partial charge in [-0.1, -0.05) is 11.6 Å². The van der Waals surface area contributed by atoms with Gasteiger partial charge in [0.2, 0.25) is 5.91 Å². The zero-order valence-electron chi connectivity index (χ0n) is 8.29. The molecule has 0 aliphatic heterocycles. The standard InChI is InChI=1S/C10H10ClN2O3/c11-6-1-2-8(7(12)5-6)13-9(14)3-4-10(15)16/h1,5H,3-4,12H2,(H,13,14)(H,15,16). The first kappa shape index (κ1) is 12.3. The van der Waals surface area contributed by atoms with Crippen LogP contribution in [0.4, 0.5) is 11.4 Å². The second-order valence-electron chi connectivity index (χ2n) is 3.09. The highest BCUT2D eigenvalue weighted by Crippen LogP contribution is 2.22. The van der Waals surface area contributed by atoms with Crippen LogP contribution in [0.5, 0.6) is 0 Å². The van der Waals surface area contributed by atoms with Crippen LogP contribution in [0.2, 0.25) is 5.02 Å². The number of anilines is 2. The summed E-state index contributed by atoms with van der Waals surface area (Å²) in [6, 6.07) is 5.63. The summed E-state index contributed by atoms with van der Waals surface area (Å²) < 4.78 is 0. The summed E-state index contributed by atoms with van der Waals surface area (Å²) in [5, 5.41) is 11.3. The van der Waals surface area contributed by atoms with E-state index in [2.05, 4.69) is 11.4 Å². The van der Waals surface area contributed by atoms with Gasteiger partial charge in [-0.15, -0.1) is 0 Å². The molecule has 0 saturated heterocycles. The average Bonchev–Trinajstić information content (AvgIpc) is 2.19. The zero-order chi connectivity index (χ0) is 12.1. The number of carbonyl (C=O) groups is 2. The van der Waals surface area contributed by atoms with Crippen LogP contribution in [0.3, 0.4) is 0 Å². The van der Waals surface area contributed by atoms with Gasteiger partial charge >= 0.3 is 5.97 Å². The number of nitrogens with two attached hydrogens (primary N) is 1. The molecule has 0 unspecified atom stereocenters. The Hall–Kier alpha value is -1.75. The van der Waals surface area contributed by atoms with Gasteiger partial charge in [0.15, 0.2) is 0 Å². The molecule has 0 heterocycles. The Morgan fingerprint density at radius 2 is 2.19 bits per heavy atom. The molecule has 0 aliphatic carbocycles. The molecular formula is C10H10ClN2O3. The number of halogens is 1. The van der Waals surface area contributed by atoms with Crippen molar-refractivity contribution in [3.8, 4) is 0 Å². The number of carboxylic acid groups (broad SMARTS) is 1. The molecule has 16 heavy (non-hydrogen) atoms. The summed E-state index contributed by atoms with van der Waals surface area (Å²) in [4.78, 5) is 21.5. The molecule has 0 aromatic heterocycles. The van der Waals surface area contributed by atoms with Crippen molar-refractivity contribution in [1.82, 2.24) is 0 Å². The van der Waals surface area contributed by atoms with Gasteiger partial charge in [-0.2, -0.15) is 0 Å². The molecule has 1 rings (SSSR count). The van der Waals surface area contributed by atoms with Crippen molar-refractivity contribution in [2.45, 2.75) is 12.8 Å². The van der Waals surface area contributed by atoms with Gasteiger partial charge in [-0.05, 0) is 12.1 Å². The lowest BCUT2D eigenvalue weighted by molar-refractivity contribution is -0.138. The van der Waals surface area contributed by atoms with E-state index in [1.54, 1.807) is 0 Å². The van der Waals surface area contributed by atoms with Crippen molar-refractivity contribution in [2.24, 2.45) is 0 Å². The van der Waals surface area contributed by atoms with E-state index in [9.17, 15) is 9.59 Å². The molecule has 0 saturated carbocycles. The highest BCUT2D eigenvalue weighted by molar-refractivity contribution is 6.31. The number of benzene rings is 1. The minimum Gasteiger partial charge on any atom is -0.481 e. The SMILES string of the molecule is Nc1cc(Cl)c[c]c1NC(=O)CCC(=O)O. The third kappa shape index (κ3) is 3.78. The van der Waals surface area contributed by atoms with Gasteiger partial charge in [-0.3, -0.25) is 9.59 Å². The summed E-state index contributed by atoms with van der Waals surface area (Å²) in [5.74, 6) is -1.45. The number of carbonyl (C=O) groups excluding carboxylic acids is 1. The lowest BCUT2D eigenvalue weighted by Gasteiger charge is -2.07. The topological polar surface area (TPSA) is 92.4 Å². The van der Waals surface area contributed by atoms with Crippen molar-refractivity contribution >= 4 is 34.9 Å². The number of aliphatic carboxylic acids is 1. The van der Waals surface area contributed by atoms with Gasteiger partial charge in [0, 0.05) is 17.5 Å². The van der Waals surface area contributed by atoms with Crippen LogP contribution in [0, 0.1) is 6.07 Å². The molecule has 1 radical (unpaired) electrons. The molecule has 85 valence electrons. The quantitative estimate of drug-likeness (QED) is 0.697. The van der Waals surface area contributed by atoms with Crippen LogP contribution in [-0.2, 0) is 9.59 Å². The Morgan fingerprint density at radius 1 is 1.50 bits per heavy atom. The van der Waals surface area contributed by atoms with Crippen LogP contribution in [-0.4, -0.2) is 17.0 Å². The number of rotatable bonds is 4. The number of hydrogen-bond donors (Lipinski definition) is 3. The highest BCUT2D eigenvalue weighted by atomic mass is 35.5. The molecule has 6 heteroatoms. The Balaban J connectivity index is 2.59. The van der Waals surface area contributed by atoms with Gasteiger partial charge < -0.3 is 16.2 Å². The first-order chi connectivity index (χ1) is 7.49. The lowest BCUT2D eigenvalue weighted by atomic mass is 10.2. The summed E-state index contributed by atoms with van der Waals surface area (Å²) in [6.07, 6.45) is -0.329. The predicted octanol–water partition coefficient (Wildman–Crippen LogP) is 1.53. The minimum atomic E-state index is -1.02. The fourth-order valence-electron chi connectivity index (χ4n) is 1.02. The van der Waals surface area contributed by atoms with Crippen molar-refractivity contribution in [1.29, 1.82) is 0 Å². The van der Waals surface area contributed by atoms with Gasteiger partial charge in [-0.25, -0.2) is 0 Å². The predicted molar refractivity (Wildman–Crippen MR) is 60.2 cm³/mol. The van der Waals surface area contributed by atoms with E-state index in [1.165, 1.54) is 12.1 Å². The van der Waals surface area contributed by atoms with Crippen LogP contribution in [0.25, 0.3) is 0 Å². The van der Waals surface area contributed by atoms with E-state index in [-0.39, 0.29) is 18.5 Å².